The second-order valence-electron chi connectivity index (χ2n) is 30.2. The minimum absolute atomic E-state index is 0.0283. The molecule has 47 nitrogen and oxygen atoms in total. The Kier molecular flexibility index (Phi) is 47.4. The van der Waals surface area contributed by atoms with E-state index >= 15 is 0 Å². The quantitative estimate of drug-likeness (QED) is 0.0127. The van der Waals surface area contributed by atoms with E-state index in [2.05, 4.69) is 89.4 Å². The minimum atomic E-state index is -5.25. The van der Waals surface area contributed by atoms with Crippen molar-refractivity contribution in [2.24, 2.45) is 78.6 Å². The zero-order valence-electron chi connectivity index (χ0n) is 71.7. The molecule has 0 saturated heterocycles. The number of nitrogens with zero attached hydrogens (tertiary/aromatic N) is 3. The van der Waals surface area contributed by atoms with E-state index in [0.29, 0.717) is 5.56 Å². The molecule has 0 aliphatic rings. The van der Waals surface area contributed by atoms with E-state index in [1.54, 1.807) is 65.0 Å². The summed E-state index contributed by atoms with van der Waals surface area (Å²) < 4.78 is 37.1. The summed E-state index contributed by atoms with van der Waals surface area (Å²) in [5, 5.41) is 53.6. The number of hydrogen-bond donors (Lipinski definition) is 24. The zero-order valence-corrected chi connectivity index (χ0v) is 72.5. The maximum atomic E-state index is 14.8. The number of primary amides is 2. The highest BCUT2D eigenvalue weighted by molar-refractivity contribution is 7.86. The molecule has 0 aliphatic carbocycles. The topological polar surface area (TPSA) is 796 Å². The highest BCUT2D eigenvalue weighted by Crippen LogP contribution is 2.20. The van der Waals surface area contributed by atoms with Gasteiger partial charge in [-0.2, -0.15) is 8.42 Å². The molecule has 2 aromatic carbocycles. The van der Waals surface area contributed by atoms with Gasteiger partial charge in [0, 0.05) is 57.9 Å². The number of hydrogen-bond acceptors (Lipinski definition) is 23. The van der Waals surface area contributed by atoms with Crippen molar-refractivity contribution in [2.45, 2.75) is 236 Å². The lowest BCUT2D eigenvalue weighted by atomic mass is 9.97. The Balaban J connectivity index is 2.53. The average molecular weight is 1800 g/mol. The fourth-order valence-electron chi connectivity index (χ4n) is 12.0. The van der Waals surface area contributed by atoms with Crippen LogP contribution in [0.25, 0.3) is 0 Å². The molecule has 0 spiro atoms. The van der Waals surface area contributed by atoms with Crippen molar-refractivity contribution >= 4 is 135 Å². The molecule has 126 heavy (non-hydrogen) atoms. The van der Waals surface area contributed by atoms with Crippen molar-refractivity contribution < 1.29 is 109 Å². The van der Waals surface area contributed by atoms with E-state index in [4.69, 9.17) is 45.9 Å². The van der Waals surface area contributed by atoms with Crippen LogP contribution in [0.3, 0.4) is 0 Å². The Morgan fingerprint density at radius 2 is 0.857 bits per heavy atom. The van der Waals surface area contributed by atoms with Crippen LogP contribution in [0.5, 0.6) is 0 Å². The normalized spacial score (nSPS) is 14.4. The van der Waals surface area contributed by atoms with E-state index in [0.717, 1.165) is 32.0 Å². The standard InChI is InChI=1S/C77H122FN25O22S/c1-10-39(5)60(73(122)91-37-57(106)94-54(35-59(109)110)71(120)98-48(21-16-30-88-76(83)84)66(115)100-52(62(80)111)33-44-18-13-12-14-19-44)102-69(118)49(22-17-31-89-77(85)86)96-65(114)47(20-15-29-87-75(81)82)97-70(119)53(32-38(3)4)101-68(117)50(25-27-56(79)105)99-67(116)51(26-28-58(107)108)95-63(112)42(8)92-74(123)61(40(6)11-2)103-72(121)55(93-43(9)104)36-90-64(113)46-34-45(126(78,124)125)24-23-41(46)7/h12-14,18-19,23-24,34,38-40,42,47-55,60-61H,10-11,15-17,20-22,25-33,35-37H2,1-9H3,(H2,79,105)(H2,80,111)(H,90,113)(H,91,122)(H,92,123)(H,93,104)(H,94,106)(H,95,112)(H,96,114)(H,97,119)(H,98,120)(H,99,116)(H,100,115)(H,101,117)(H,102,118)(H,103,121)(H,107,108)(H,109,110)(H4,81,82,87)(H4,83,84,88)(H4,85,86,89)/t39-,40-,42-,47-,48-,49-,50-,51-,52-,53-,54-,55-,60-,61-/m0/s1. The van der Waals surface area contributed by atoms with E-state index < -0.39 is 257 Å². The van der Waals surface area contributed by atoms with Crippen LogP contribution >= 0.6 is 0 Å². The number of aryl methyl sites for hydroxylation is 1. The number of carbonyl (C=O) groups is 18. The smallest absolute Gasteiger partial charge is 0.332 e. The lowest BCUT2D eigenvalue weighted by Gasteiger charge is -2.29. The molecule has 0 fully saturated rings. The summed E-state index contributed by atoms with van der Waals surface area (Å²) in [5.74, 6) is -22.6. The minimum Gasteiger partial charge on any atom is -0.481 e. The summed E-state index contributed by atoms with van der Waals surface area (Å²) in [4.78, 5) is 256. The molecule has 0 saturated carbocycles. The Labute approximate surface area is 727 Å². The number of benzene rings is 2. The summed E-state index contributed by atoms with van der Waals surface area (Å²) in [6, 6.07) is -8.12. The fourth-order valence-corrected chi connectivity index (χ4v) is 12.5. The highest BCUT2D eigenvalue weighted by Gasteiger charge is 2.39. The van der Waals surface area contributed by atoms with Gasteiger partial charge in [-0.15, -0.1) is 3.89 Å². The summed E-state index contributed by atoms with van der Waals surface area (Å²) in [7, 11) is -5.25. The number of nitrogens with one attached hydrogen (secondary N) is 14. The summed E-state index contributed by atoms with van der Waals surface area (Å²) >= 11 is 0. The summed E-state index contributed by atoms with van der Waals surface area (Å²) in [6.45, 7) is 11.4. The predicted molar refractivity (Wildman–Crippen MR) is 454 cm³/mol. The molecule has 2 rings (SSSR count). The highest BCUT2D eigenvalue weighted by atomic mass is 32.3. The SMILES string of the molecule is CC[C@H](C)[C@H](NC(=O)[C@H](CCCN=C(N)N)NC(=O)[C@H](CCCN=C(N)N)NC(=O)[C@H](CC(C)C)NC(=O)[C@H](CCC(N)=O)NC(=O)[C@H](CCC(=O)O)NC(=O)[C@H](C)NC(=O)[C@@H](NC(=O)[C@H](CNC(=O)c1cc(S(=O)(=O)F)ccc1C)NC(C)=O)[C@@H](C)CC)C(=O)NCC(=O)N[C@@H](CC(=O)O)C(=O)N[C@@H](CCCN=C(N)N)C(=O)N[C@@H](Cc1ccccc1)C(N)=O. The molecule has 0 aromatic heterocycles. The molecule has 0 heterocycles. The molecule has 16 amide bonds. The number of halogens is 1. The van der Waals surface area contributed by atoms with Crippen molar-refractivity contribution in [1.29, 1.82) is 0 Å². The van der Waals surface area contributed by atoms with E-state index in [1.165, 1.54) is 13.8 Å². The van der Waals surface area contributed by atoms with Crippen LogP contribution in [0, 0.1) is 24.7 Å². The second kappa shape index (κ2) is 55.0. The molecule has 32 N–H and O–H groups in total. The van der Waals surface area contributed by atoms with Crippen LogP contribution in [0.2, 0.25) is 0 Å². The third-order valence-corrected chi connectivity index (χ3v) is 20.1. The van der Waals surface area contributed by atoms with Gasteiger partial charge in [0.2, 0.25) is 88.6 Å². The van der Waals surface area contributed by atoms with Crippen molar-refractivity contribution in [1.82, 2.24) is 74.4 Å². The van der Waals surface area contributed by atoms with E-state index in [9.17, 15) is 109 Å². The van der Waals surface area contributed by atoms with E-state index in [-0.39, 0.29) is 113 Å². The Morgan fingerprint density at radius 3 is 1.28 bits per heavy atom. The van der Waals surface area contributed by atoms with Gasteiger partial charge < -0.3 is 131 Å². The number of amides is 16. The Morgan fingerprint density at radius 1 is 0.444 bits per heavy atom. The zero-order chi connectivity index (χ0) is 95.4. The first-order valence-corrected chi connectivity index (χ1v) is 41.8. The number of carboxylic acid groups (broad SMARTS) is 2. The van der Waals surface area contributed by atoms with Crippen molar-refractivity contribution in [3.05, 3.63) is 65.2 Å². The van der Waals surface area contributed by atoms with Gasteiger partial charge in [-0.3, -0.25) is 101 Å². The molecule has 49 heteroatoms. The van der Waals surface area contributed by atoms with Crippen molar-refractivity contribution in [2.75, 3.05) is 32.7 Å². The van der Waals surface area contributed by atoms with Crippen LogP contribution in [-0.2, 0) is 98.2 Å². The molecule has 700 valence electrons. The van der Waals surface area contributed by atoms with Gasteiger partial charge in [-0.25, -0.2) is 0 Å². The average Bonchev–Trinajstić information content (AvgIpc) is 0.856. The molecular formula is C77H122FN25O22S. The first-order valence-electron chi connectivity index (χ1n) is 40.4. The van der Waals surface area contributed by atoms with Gasteiger partial charge in [0.25, 0.3) is 5.91 Å². The molecule has 0 radical (unpaired) electrons. The second-order valence-corrected chi connectivity index (χ2v) is 31.6. The number of guanidine groups is 3. The number of nitrogens with two attached hydrogens (primary N) is 8. The molecule has 0 bridgehead atoms. The maximum absolute atomic E-state index is 14.8. The van der Waals surface area contributed by atoms with Crippen LogP contribution in [0.4, 0.5) is 3.89 Å². The number of aliphatic carboxylic acids is 2. The first-order chi connectivity index (χ1) is 59.0. The summed E-state index contributed by atoms with van der Waals surface area (Å²) in [5.41, 5.74) is 44.9. The van der Waals surface area contributed by atoms with Gasteiger partial charge in [-0.05, 0) is 113 Å². The van der Waals surface area contributed by atoms with Crippen molar-refractivity contribution in [3.63, 3.8) is 0 Å². The molecular weight excluding hydrogens is 1680 g/mol. The van der Waals surface area contributed by atoms with Crippen molar-refractivity contribution in [3.8, 4) is 0 Å². The number of carboxylic acids is 2. The van der Waals surface area contributed by atoms with Crippen LogP contribution in [-0.4, -0.2) is 248 Å². The Bertz CT molecular complexity index is 4360. The van der Waals surface area contributed by atoms with E-state index in [1.807, 2.05) is 0 Å². The van der Waals surface area contributed by atoms with Crippen LogP contribution < -0.4 is 120 Å². The monoisotopic (exact) mass is 1800 g/mol. The maximum Gasteiger partial charge on any atom is 0.332 e. The first kappa shape index (κ1) is 109. The van der Waals surface area contributed by atoms with Gasteiger partial charge in [-0.1, -0.05) is 90.8 Å². The number of rotatable bonds is 58. The van der Waals surface area contributed by atoms with Crippen LogP contribution in [0.15, 0.2) is 68.4 Å². The predicted octanol–water partition coefficient (Wildman–Crippen LogP) is -7.01. The molecule has 0 unspecified atom stereocenters. The van der Waals surface area contributed by atoms with Gasteiger partial charge in [0.05, 0.1) is 17.9 Å². The molecule has 2 aromatic rings. The van der Waals surface area contributed by atoms with Crippen LogP contribution in [0.1, 0.15) is 167 Å². The third kappa shape index (κ3) is 41.6. The van der Waals surface area contributed by atoms with Gasteiger partial charge >= 0.3 is 22.2 Å². The Hall–Kier alpha value is -13.4. The number of aliphatic imine (C=N–C) groups is 3. The lowest BCUT2D eigenvalue weighted by Crippen LogP contribution is -2.61. The largest absolute Gasteiger partial charge is 0.481 e. The third-order valence-electron chi connectivity index (χ3n) is 19.3. The van der Waals surface area contributed by atoms with Gasteiger partial charge in [0.1, 0.15) is 72.5 Å². The molecule has 0 aliphatic heterocycles. The number of carbonyl (C=O) groups excluding carboxylic acids is 16. The summed E-state index contributed by atoms with van der Waals surface area (Å²) in [6.07, 6.45) is -4.38. The fraction of sp³-hybridized carbons (Fsp3) is 0.571. The lowest BCUT2D eigenvalue weighted by molar-refractivity contribution is -0.141. The molecule has 14 atom stereocenters. The van der Waals surface area contributed by atoms with Gasteiger partial charge in [0.15, 0.2) is 17.9 Å².